The van der Waals surface area contributed by atoms with Crippen LogP contribution in [-0.2, 0) is 0 Å². The second kappa shape index (κ2) is 4.01. The molecule has 0 spiro atoms. The van der Waals surface area contributed by atoms with E-state index in [1.54, 1.807) is 0 Å². The van der Waals surface area contributed by atoms with Gasteiger partial charge in [-0.3, -0.25) is 0 Å². The van der Waals surface area contributed by atoms with Crippen molar-refractivity contribution in [3.05, 3.63) is 29.8 Å². The molecule has 4 heteroatoms. The first-order valence-electron chi connectivity index (χ1n) is 3.63. The minimum absolute atomic E-state index is 0.108. The quantitative estimate of drug-likeness (QED) is 0.722. The lowest BCUT2D eigenvalue weighted by Gasteiger charge is -2.06. The van der Waals surface area contributed by atoms with Crippen LogP contribution in [0.5, 0.6) is 0 Å². The molecule has 0 unspecified atom stereocenters. The number of para-hydroxylation sites is 1. The Labute approximate surface area is 69.4 Å². The summed E-state index contributed by atoms with van der Waals surface area (Å²) in [4.78, 5) is 0. The Morgan fingerprint density at radius 3 is 2.33 bits per heavy atom. The van der Waals surface area contributed by atoms with Crippen molar-refractivity contribution in [3.8, 4) is 0 Å². The van der Waals surface area contributed by atoms with Gasteiger partial charge in [0.1, 0.15) is 17.3 Å². The lowest BCUT2D eigenvalue weighted by atomic mass is 10.3. The van der Waals surface area contributed by atoms with Crippen molar-refractivity contribution < 1.29 is 8.78 Å². The van der Waals surface area contributed by atoms with Gasteiger partial charge in [-0.05, 0) is 12.1 Å². The SMILES string of the molecule is NCCNc1c(F)cccc1F. The average molecular weight is 172 g/mol. The molecule has 0 aliphatic carbocycles. The summed E-state index contributed by atoms with van der Waals surface area (Å²) in [5, 5.41) is 2.56. The standard InChI is InChI=1S/C8H10F2N2/c9-6-2-1-3-7(10)8(6)12-5-4-11/h1-3,12H,4-5,11H2. The topological polar surface area (TPSA) is 38.0 Å². The fourth-order valence-corrected chi connectivity index (χ4v) is 0.864. The molecule has 12 heavy (non-hydrogen) atoms. The van der Waals surface area contributed by atoms with E-state index >= 15 is 0 Å². The predicted octanol–water partition coefficient (Wildman–Crippen LogP) is 1.34. The number of nitrogens with two attached hydrogens (primary N) is 1. The molecule has 0 atom stereocenters. The van der Waals surface area contributed by atoms with Gasteiger partial charge in [0.15, 0.2) is 0 Å². The van der Waals surface area contributed by atoms with E-state index < -0.39 is 11.6 Å². The monoisotopic (exact) mass is 172 g/mol. The summed E-state index contributed by atoms with van der Waals surface area (Å²) in [6.07, 6.45) is 0. The smallest absolute Gasteiger partial charge is 0.149 e. The second-order valence-electron chi connectivity index (χ2n) is 2.31. The molecule has 1 aromatic carbocycles. The summed E-state index contributed by atoms with van der Waals surface area (Å²) in [7, 11) is 0. The number of benzene rings is 1. The molecule has 0 radical (unpaired) electrons. The van der Waals surface area contributed by atoms with Crippen LogP contribution in [0.3, 0.4) is 0 Å². The van der Waals surface area contributed by atoms with Crippen LogP contribution in [0.1, 0.15) is 0 Å². The first-order chi connectivity index (χ1) is 5.75. The molecule has 0 heterocycles. The van der Waals surface area contributed by atoms with E-state index in [-0.39, 0.29) is 5.69 Å². The van der Waals surface area contributed by atoms with Gasteiger partial charge in [-0.25, -0.2) is 8.78 Å². The third-order valence-electron chi connectivity index (χ3n) is 1.41. The molecule has 0 aromatic heterocycles. The van der Waals surface area contributed by atoms with Gasteiger partial charge in [0.05, 0.1) is 0 Å². The van der Waals surface area contributed by atoms with Crippen LogP contribution in [0, 0.1) is 11.6 Å². The van der Waals surface area contributed by atoms with Gasteiger partial charge >= 0.3 is 0 Å². The van der Waals surface area contributed by atoms with Gasteiger partial charge in [0.25, 0.3) is 0 Å². The van der Waals surface area contributed by atoms with Gasteiger partial charge in [-0.1, -0.05) is 6.07 Å². The predicted molar refractivity (Wildman–Crippen MR) is 43.9 cm³/mol. The zero-order chi connectivity index (χ0) is 8.97. The highest BCUT2D eigenvalue weighted by atomic mass is 19.1. The maximum Gasteiger partial charge on any atom is 0.149 e. The lowest BCUT2D eigenvalue weighted by Crippen LogP contribution is -2.14. The minimum Gasteiger partial charge on any atom is -0.379 e. The van der Waals surface area contributed by atoms with E-state index in [1.807, 2.05) is 0 Å². The van der Waals surface area contributed by atoms with Crippen LogP contribution in [0.4, 0.5) is 14.5 Å². The maximum atomic E-state index is 12.8. The Hall–Kier alpha value is -1.16. The molecule has 2 nitrogen and oxygen atoms in total. The van der Waals surface area contributed by atoms with Gasteiger partial charge in [0, 0.05) is 13.1 Å². The van der Waals surface area contributed by atoms with E-state index in [0.29, 0.717) is 13.1 Å². The zero-order valence-electron chi connectivity index (χ0n) is 6.48. The van der Waals surface area contributed by atoms with Crippen LogP contribution >= 0.6 is 0 Å². The van der Waals surface area contributed by atoms with E-state index in [0.717, 1.165) is 0 Å². The third-order valence-corrected chi connectivity index (χ3v) is 1.41. The summed E-state index contributed by atoms with van der Waals surface area (Å²) >= 11 is 0. The Kier molecular flexibility index (Phi) is 2.99. The third kappa shape index (κ3) is 1.92. The van der Waals surface area contributed by atoms with Crippen LogP contribution in [0.15, 0.2) is 18.2 Å². The Balaban J connectivity index is 2.81. The lowest BCUT2D eigenvalue weighted by molar-refractivity contribution is 0.588. The summed E-state index contributed by atoms with van der Waals surface area (Å²) in [5.41, 5.74) is 5.06. The van der Waals surface area contributed by atoms with Crippen LogP contribution in [-0.4, -0.2) is 13.1 Å². The fraction of sp³-hybridized carbons (Fsp3) is 0.250. The van der Waals surface area contributed by atoms with Crippen molar-refractivity contribution in [2.45, 2.75) is 0 Å². The summed E-state index contributed by atoms with van der Waals surface area (Å²) in [5.74, 6) is -1.19. The highest BCUT2D eigenvalue weighted by Gasteiger charge is 2.05. The normalized spacial score (nSPS) is 9.92. The molecule has 0 amide bonds. The van der Waals surface area contributed by atoms with Gasteiger partial charge in [-0.15, -0.1) is 0 Å². The van der Waals surface area contributed by atoms with E-state index in [1.165, 1.54) is 18.2 Å². The van der Waals surface area contributed by atoms with Gasteiger partial charge in [0.2, 0.25) is 0 Å². The van der Waals surface area contributed by atoms with Crippen molar-refractivity contribution >= 4 is 5.69 Å². The molecule has 0 aliphatic heterocycles. The van der Waals surface area contributed by atoms with Crippen molar-refractivity contribution in [1.29, 1.82) is 0 Å². The average Bonchev–Trinajstić information content (AvgIpc) is 2.04. The highest BCUT2D eigenvalue weighted by molar-refractivity contribution is 5.45. The molecule has 0 aliphatic rings. The molecule has 3 N–H and O–H groups in total. The largest absolute Gasteiger partial charge is 0.379 e. The molecule has 0 bridgehead atoms. The molecule has 1 rings (SSSR count). The molecule has 66 valence electrons. The molecular weight excluding hydrogens is 162 g/mol. The molecule has 0 saturated carbocycles. The second-order valence-corrected chi connectivity index (χ2v) is 2.31. The Bertz CT molecular complexity index is 243. The Morgan fingerprint density at radius 1 is 1.25 bits per heavy atom. The summed E-state index contributed by atoms with van der Waals surface area (Å²) < 4.78 is 25.7. The van der Waals surface area contributed by atoms with Crippen molar-refractivity contribution in [2.75, 3.05) is 18.4 Å². The Morgan fingerprint density at radius 2 is 1.83 bits per heavy atom. The van der Waals surface area contributed by atoms with Crippen molar-refractivity contribution in [1.82, 2.24) is 0 Å². The maximum absolute atomic E-state index is 12.8. The number of halogens is 2. The highest BCUT2D eigenvalue weighted by Crippen LogP contribution is 2.16. The first kappa shape index (κ1) is 8.93. The summed E-state index contributed by atoms with van der Waals surface area (Å²) in [6.45, 7) is 0.700. The fourth-order valence-electron chi connectivity index (χ4n) is 0.864. The van der Waals surface area contributed by atoms with E-state index in [9.17, 15) is 8.78 Å². The van der Waals surface area contributed by atoms with E-state index in [4.69, 9.17) is 5.73 Å². The molecule has 0 saturated heterocycles. The van der Waals surface area contributed by atoms with Gasteiger partial charge < -0.3 is 11.1 Å². The molecule has 1 aromatic rings. The molecular formula is C8H10F2N2. The van der Waals surface area contributed by atoms with E-state index in [2.05, 4.69) is 5.32 Å². The van der Waals surface area contributed by atoms with Crippen LogP contribution in [0.2, 0.25) is 0 Å². The number of anilines is 1. The van der Waals surface area contributed by atoms with Crippen LogP contribution in [0.25, 0.3) is 0 Å². The van der Waals surface area contributed by atoms with Gasteiger partial charge in [-0.2, -0.15) is 0 Å². The number of nitrogens with one attached hydrogen (secondary N) is 1. The minimum atomic E-state index is -0.594. The number of rotatable bonds is 3. The first-order valence-corrected chi connectivity index (χ1v) is 3.63. The molecule has 0 fully saturated rings. The zero-order valence-corrected chi connectivity index (χ0v) is 6.48. The van der Waals surface area contributed by atoms with Crippen LogP contribution < -0.4 is 11.1 Å². The van der Waals surface area contributed by atoms with Crippen molar-refractivity contribution in [3.63, 3.8) is 0 Å². The summed E-state index contributed by atoms with van der Waals surface area (Å²) in [6, 6.07) is 3.71. The number of hydrogen-bond donors (Lipinski definition) is 2. The number of hydrogen-bond acceptors (Lipinski definition) is 2. The van der Waals surface area contributed by atoms with Crippen molar-refractivity contribution in [2.24, 2.45) is 5.73 Å².